The molecule has 2 aromatic carbocycles. The van der Waals surface area contributed by atoms with Crippen molar-refractivity contribution in [3.63, 3.8) is 0 Å². The van der Waals surface area contributed by atoms with Crippen LogP contribution in [0.5, 0.6) is 0 Å². The number of carbonyl (C=O) groups is 1. The van der Waals surface area contributed by atoms with E-state index >= 15 is 0 Å². The SMILES string of the molecule is Cc1ccc(Nc2c(C(=O)N3CC(O)(C(F)(F)F)C3)ccc(F)c2F)c(F)c1. The quantitative estimate of drug-likeness (QED) is 0.763. The summed E-state index contributed by atoms with van der Waals surface area (Å²) in [7, 11) is 0. The number of anilines is 2. The van der Waals surface area contributed by atoms with Crippen molar-refractivity contribution in [3.8, 4) is 0 Å². The molecule has 0 bridgehead atoms. The number of rotatable bonds is 3. The molecular formula is C18H14F6N2O2. The Kier molecular flexibility index (Phi) is 4.78. The smallest absolute Gasteiger partial charge is 0.378 e. The lowest BCUT2D eigenvalue weighted by Gasteiger charge is -2.46. The molecule has 4 nitrogen and oxygen atoms in total. The average Bonchev–Trinajstić information content (AvgIpc) is 2.56. The largest absolute Gasteiger partial charge is 0.420 e. The van der Waals surface area contributed by atoms with E-state index in [0.717, 1.165) is 12.1 Å². The molecule has 3 rings (SSSR count). The van der Waals surface area contributed by atoms with E-state index in [0.29, 0.717) is 16.5 Å². The third-order valence-electron chi connectivity index (χ3n) is 4.43. The first-order chi connectivity index (χ1) is 12.9. The summed E-state index contributed by atoms with van der Waals surface area (Å²) in [4.78, 5) is 13.1. The van der Waals surface area contributed by atoms with Crippen molar-refractivity contribution in [2.75, 3.05) is 18.4 Å². The van der Waals surface area contributed by atoms with Gasteiger partial charge in [-0.2, -0.15) is 13.2 Å². The molecule has 0 radical (unpaired) electrons. The van der Waals surface area contributed by atoms with E-state index in [4.69, 9.17) is 0 Å². The molecule has 1 fully saturated rings. The van der Waals surface area contributed by atoms with Gasteiger partial charge in [0, 0.05) is 0 Å². The van der Waals surface area contributed by atoms with Crippen molar-refractivity contribution in [3.05, 3.63) is 58.9 Å². The Hall–Kier alpha value is -2.75. The van der Waals surface area contributed by atoms with Gasteiger partial charge in [-0.3, -0.25) is 4.79 Å². The minimum Gasteiger partial charge on any atom is -0.378 e. The summed E-state index contributed by atoms with van der Waals surface area (Å²) < 4.78 is 80.2. The highest BCUT2D eigenvalue weighted by molar-refractivity contribution is 6.01. The van der Waals surface area contributed by atoms with Crippen LogP contribution in [-0.4, -0.2) is 40.8 Å². The van der Waals surface area contributed by atoms with Gasteiger partial charge in [0.15, 0.2) is 17.2 Å². The lowest BCUT2D eigenvalue weighted by molar-refractivity contribution is -0.294. The van der Waals surface area contributed by atoms with Crippen molar-refractivity contribution in [1.29, 1.82) is 0 Å². The molecular weight excluding hydrogens is 390 g/mol. The number of likely N-dealkylation sites (tertiary alicyclic amines) is 1. The van der Waals surface area contributed by atoms with Gasteiger partial charge in [0.25, 0.3) is 5.91 Å². The Morgan fingerprint density at radius 1 is 1.11 bits per heavy atom. The van der Waals surface area contributed by atoms with Crippen LogP contribution in [0.15, 0.2) is 30.3 Å². The minimum atomic E-state index is -4.94. The number of hydrogen-bond acceptors (Lipinski definition) is 3. The van der Waals surface area contributed by atoms with Gasteiger partial charge in [0.1, 0.15) is 5.82 Å². The lowest BCUT2D eigenvalue weighted by atomic mass is 9.92. The van der Waals surface area contributed by atoms with Gasteiger partial charge in [-0.25, -0.2) is 13.2 Å². The summed E-state index contributed by atoms with van der Waals surface area (Å²) in [6.45, 7) is -0.491. The second-order valence-corrected chi connectivity index (χ2v) is 6.58. The van der Waals surface area contributed by atoms with Crippen LogP contribution in [0.4, 0.5) is 37.7 Å². The molecule has 150 valence electrons. The van der Waals surface area contributed by atoms with Gasteiger partial charge in [-0.15, -0.1) is 0 Å². The van der Waals surface area contributed by atoms with Crippen molar-refractivity contribution in [2.24, 2.45) is 0 Å². The number of carbonyl (C=O) groups excluding carboxylic acids is 1. The topological polar surface area (TPSA) is 52.6 Å². The maximum atomic E-state index is 14.3. The van der Waals surface area contributed by atoms with E-state index in [2.05, 4.69) is 5.32 Å². The number of aryl methyl sites for hydroxylation is 1. The first-order valence-corrected chi connectivity index (χ1v) is 8.02. The zero-order valence-electron chi connectivity index (χ0n) is 14.4. The highest BCUT2D eigenvalue weighted by Gasteiger charge is 2.62. The fourth-order valence-electron chi connectivity index (χ4n) is 2.79. The van der Waals surface area contributed by atoms with Gasteiger partial charge in [-0.1, -0.05) is 6.07 Å². The number of nitrogens with zero attached hydrogens (tertiary/aromatic N) is 1. The normalized spacial score (nSPS) is 15.9. The molecule has 1 saturated heterocycles. The molecule has 0 unspecified atom stereocenters. The minimum absolute atomic E-state index is 0.250. The lowest BCUT2D eigenvalue weighted by Crippen LogP contribution is -2.70. The summed E-state index contributed by atoms with van der Waals surface area (Å²) in [5.41, 5.74) is -3.96. The summed E-state index contributed by atoms with van der Waals surface area (Å²) >= 11 is 0. The third-order valence-corrected chi connectivity index (χ3v) is 4.43. The standard InChI is InChI=1S/C18H14F6N2O2/c1-9-2-5-13(12(20)6-9)25-15-10(3-4-11(19)14(15)21)16(27)26-7-17(28,8-26)18(22,23)24/h2-6,25,28H,7-8H2,1H3. The first kappa shape index (κ1) is 20.0. The Balaban J connectivity index is 1.92. The number of benzene rings is 2. The Labute approximate surface area is 155 Å². The van der Waals surface area contributed by atoms with Crippen LogP contribution in [0.25, 0.3) is 0 Å². The van der Waals surface area contributed by atoms with Gasteiger partial charge in [0.05, 0.1) is 30.0 Å². The zero-order chi connectivity index (χ0) is 20.9. The van der Waals surface area contributed by atoms with E-state index < -0.39 is 59.5 Å². The van der Waals surface area contributed by atoms with E-state index in [9.17, 15) is 36.2 Å². The molecule has 10 heteroatoms. The van der Waals surface area contributed by atoms with Crippen LogP contribution >= 0.6 is 0 Å². The molecule has 0 saturated carbocycles. The molecule has 0 spiro atoms. The molecule has 0 atom stereocenters. The molecule has 1 aliphatic heterocycles. The second kappa shape index (κ2) is 6.69. The number of β-amino-alcohol motifs (C(OH)–C–C–N with tert-alkyl or cyclic N) is 1. The number of aliphatic hydroxyl groups is 1. The maximum absolute atomic E-state index is 14.3. The van der Waals surface area contributed by atoms with Crippen LogP contribution < -0.4 is 5.32 Å². The highest BCUT2D eigenvalue weighted by Crippen LogP contribution is 2.39. The number of hydrogen-bond donors (Lipinski definition) is 2. The predicted octanol–water partition coefficient (Wildman–Crippen LogP) is 3.91. The van der Waals surface area contributed by atoms with Gasteiger partial charge in [0.2, 0.25) is 0 Å². The fraction of sp³-hybridized carbons (Fsp3) is 0.278. The molecule has 2 aromatic rings. The van der Waals surface area contributed by atoms with E-state index in [1.54, 1.807) is 6.92 Å². The van der Waals surface area contributed by atoms with Gasteiger partial charge >= 0.3 is 6.18 Å². The molecule has 2 N–H and O–H groups in total. The highest BCUT2D eigenvalue weighted by atomic mass is 19.4. The molecule has 0 aromatic heterocycles. The molecule has 1 heterocycles. The number of alkyl halides is 3. The third kappa shape index (κ3) is 3.39. The van der Waals surface area contributed by atoms with E-state index in [1.165, 1.54) is 12.1 Å². The number of amides is 1. The van der Waals surface area contributed by atoms with Crippen LogP contribution in [0.1, 0.15) is 15.9 Å². The zero-order valence-corrected chi connectivity index (χ0v) is 14.4. The van der Waals surface area contributed by atoms with Crippen LogP contribution in [0, 0.1) is 24.4 Å². The first-order valence-electron chi connectivity index (χ1n) is 8.02. The van der Waals surface area contributed by atoms with Crippen LogP contribution in [0.2, 0.25) is 0 Å². The van der Waals surface area contributed by atoms with Crippen LogP contribution in [-0.2, 0) is 0 Å². The predicted molar refractivity (Wildman–Crippen MR) is 87.7 cm³/mol. The fourth-order valence-corrected chi connectivity index (χ4v) is 2.79. The Bertz CT molecular complexity index is 938. The number of nitrogens with one attached hydrogen (secondary N) is 1. The monoisotopic (exact) mass is 404 g/mol. The maximum Gasteiger partial charge on any atom is 0.420 e. The Morgan fingerprint density at radius 2 is 1.75 bits per heavy atom. The molecule has 1 aliphatic rings. The van der Waals surface area contributed by atoms with E-state index in [-0.39, 0.29) is 5.69 Å². The van der Waals surface area contributed by atoms with Crippen molar-refractivity contribution in [1.82, 2.24) is 4.90 Å². The summed E-state index contributed by atoms with van der Waals surface area (Å²) in [5, 5.41) is 11.7. The van der Waals surface area contributed by atoms with Gasteiger partial charge in [-0.05, 0) is 36.8 Å². The number of halogens is 6. The molecule has 1 amide bonds. The van der Waals surface area contributed by atoms with E-state index in [1.807, 2.05) is 0 Å². The van der Waals surface area contributed by atoms with Crippen molar-refractivity contribution in [2.45, 2.75) is 18.7 Å². The molecule has 28 heavy (non-hydrogen) atoms. The summed E-state index contributed by atoms with van der Waals surface area (Å²) in [5.74, 6) is -4.68. The van der Waals surface area contributed by atoms with Crippen molar-refractivity contribution >= 4 is 17.3 Å². The van der Waals surface area contributed by atoms with Crippen molar-refractivity contribution < 1.29 is 36.2 Å². The second-order valence-electron chi connectivity index (χ2n) is 6.58. The molecule has 0 aliphatic carbocycles. The average molecular weight is 404 g/mol. The van der Waals surface area contributed by atoms with Gasteiger partial charge < -0.3 is 15.3 Å². The summed E-state index contributed by atoms with van der Waals surface area (Å²) in [6.07, 6.45) is -4.94. The van der Waals surface area contributed by atoms with Crippen LogP contribution in [0.3, 0.4) is 0 Å². The summed E-state index contributed by atoms with van der Waals surface area (Å²) in [6, 6.07) is 5.37. The Morgan fingerprint density at radius 3 is 2.32 bits per heavy atom.